The van der Waals surface area contributed by atoms with Gasteiger partial charge in [-0.15, -0.1) is 0 Å². The molecule has 1 aromatic carbocycles. The fourth-order valence-corrected chi connectivity index (χ4v) is 4.02. The van der Waals surface area contributed by atoms with Crippen LogP contribution in [-0.2, 0) is 17.5 Å². The first-order valence-electron chi connectivity index (χ1n) is 11.3. The van der Waals surface area contributed by atoms with Crippen molar-refractivity contribution < 1.29 is 27.2 Å². The van der Waals surface area contributed by atoms with Gasteiger partial charge in [0.05, 0.1) is 11.2 Å². The van der Waals surface area contributed by atoms with Gasteiger partial charge in [0.15, 0.2) is 0 Å². The highest BCUT2D eigenvalue weighted by molar-refractivity contribution is 6.03. The number of fused-ring (bicyclic) bond motifs is 1. The molecule has 3 aromatic heterocycles. The zero-order valence-electron chi connectivity index (χ0n) is 19.0. The molecule has 36 heavy (non-hydrogen) atoms. The van der Waals surface area contributed by atoms with Crippen LogP contribution in [0, 0.1) is 0 Å². The second-order valence-electron chi connectivity index (χ2n) is 8.25. The summed E-state index contributed by atoms with van der Waals surface area (Å²) in [7, 11) is 0. The van der Waals surface area contributed by atoms with Crippen LogP contribution in [0.1, 0.15) is 30.7 Å². The number of anilines is 2. The zero-order valence-corrected chi connectivity index (χ0v) is 19.0. The molecular weight excluding hydrogens is 477 g/mol. The molecule has 12 heteroatoms. The maximum Gasteiger partial charge on any atom is 0.471 e. The second-order valence-corrected chi connectivity index (χ2v) is 8.25. The summed E-state index contributed by atoms with van der Waals surface area (Å²) < 4.78 is 48.2. The van der Waals surface area contributed by atoms with E-state index in [2.05, 4.69) is 34.8 Å². The van der Waals surface area contributed by atoms with Crippen molar-refractivity contribution >= 4 is 28.5 Å². The van der Waals surface area contributed by atoms with Gasteiger partial charge in [0.1, 0.15) is 12.4 Å². The van der Waals surface area contributed by atoms with Crippen molar-refractivity contribution in [3.63, 3.8) is 0 Å². The Morgan fingerprint density at radius 2 is 1.92 bits per heavy atom. The average molecular weight is 498 g/mol. The van der Waals surface area contributed by atoms with E-state index in [-0.39, 0.29) is 18.0 Å². The summed E-state index contributed by atoms with van der Waals surface area (Å²) in [6.45, 7) is 2.00. The van der Waals surface area contributed by atoms with E-state index in [0.717, 1.165) is 37.3 Å². The van der Waals surface area contributed by atoms with E-state index in [1.54, 1.807) is 18.3 Å². The minimum atomic E-state index is -4.76. The number of ether oxygens (including phenoxy) is 1. The number of benzene rings is 1. The van der Waals surface area contributed by atoms with Gasteiger partial charge in [-0.1, -0.05) is 11.2 Å². The van der Waals surface area contributed by atoms with E-state index in [1.165, 1.54) is 24.8 Å². The highest BCUT2D eigenvalue weighted by Gasteiger charge is 2.38. The van der Waals surface area contributed by atoms with Crippen LogP contribution in [0.3, 0.4) is 0 Å². The summed E-state index contributed by atoms with van der Waals surface area (Å²) in [6, 6.07) is 10.1. The predicted octanol–water partition coefficient (Wildman–Crippen LogP) is 5.44. The molecule has 0 unspecified atom stereocenters. The number of alkyl halides is 3. The average Bonchev–Trinajstić information content (AvgIpc) is 3.39. The number of rotatable bonds is 5. The van der Waals surface area contributed by atoms with Gasteiger partial charge in [-0.25, -0.2) is 9.78 Å². The Morgan fingerprint density at radius 1 is 1.08 bits per heavy atom. The van der Waals surface area contributed by atoms with E-state index in [0.29, 0.717) is 16.6 Å². The van der Waals surface area contributed by atoms with E-state index >= 15 is 0 Å². The highest BCUT2D eigenvalue weighted by atomic mass is 19.4. The van der Waals surface area contributed by atoms with Crippen molar-refractivity contribution in [1.82, 2.24) is 20.1 Å². The van der Waals surface area contributed by atoms with Gasteiger partial charge in [0, 0.05) is 42.0 Å². The first-order chi connectivity index (χ1) is 17.4. The van der Waals surface area contributed by atoms with Crippen LogP contribution in [0.25, 0.3) is 22.3 Å². The van der Waals surface area contributed by atoms with Crippen LogP contribution < -0.4 is 10.2 Å². The van der Waals surface area contributed by atoms with Crippen LogP contribution in [0.5, 0.6) is 0 Å². The molecule has 0 spiro atoms. The molecule has 4 heterocycles. The third-order valence-corrected chi connectivity index (χ3v) is 5.77. The molecule has 0 radical (unpaired) electrons. The van der Waals surface area contributed by atoms with Gasteiger partial charge in [-0.2, -0.15) is 18.2 Å². The van der Waals surface area contributed by atoms with Gasteiger partial charge in [-0.3, -0.25) is 10.3 Å². The number of pyridine rings is 2. The lowest BCUT2D eigenvalue weighted by Gasteiger charge is -2.27. The van der Waals surface area contributed by atoms with Gasteiger partial charge >= 0.3 is 18.2 Å². The molecule has 1 aliphatic rings. The SMILES string of the molecule is O=C(Nc1ccc(-c2noc(C(F)(F)F)n2)c2ncccc12)OCc1ccc(N2CCCCC2)nc1. The van der Waals surface area contributed by atoms with Crippen LogP contribution in [-0.4, -0.2) is 39.3 Å². The minimum absolute atomic E-state index is 0.0243. The summed E-state index contributed by atoms with van der Waals surface area (Å²) in [4.78, 5) is 26.8. The Balaban J connectivity index is 1.27. The summed E-state index contributed by atoms with van der Waals surface area (Å²) in [6.07, 6.45) is 1.24. The number of nitrogens with zero attached hydrogens (tertiary/aromatic N) is 5. The van der Waals surface area contributed by atoms with Crippen molar-refractivity contribution in [2.24, 2.45) is 0 Å². The molecular formula is C24H21F3N6O3. The van der Waals surface area contributed by atoms with Gasteiger partial charge in [0.25, 0.3) is 0 Å². The third-order valence-electron chi connectivity index (χ3n) is 5.77. The molecule has 1 amide bonds. The highest BCUT2D eigenvalue weighted by Crippen LogP contribution is 2.33. The normalized spacial score (nSPS) is 14.1. The molecule has 1 saturated heterocycles. The number of nitrogens with one attached hydrogen (secondary N) is 1. The number of hydrogen-bond donors (Lipinski definition) is 1. The number of halogens is 3. The molecule has 1 N–H and O–H groups in total. The quantitative estimate of drug-likeness (QED) is 0.388. The lowest BCUT2D eigenvalue weighted by Crippen LogP contribution is -2.30. The lowest BCUT2D eigenvalue weighted by atomic mass is 10.1. The minimum Gasteiger partial charge on any atom is -0.444 e. The number of piperidine rings is 1. The van der Waals surface area contributed by atoms with E-state index in [9.17, 15) is 18.0 Å². The molecule has 1 aliphatic heterocycles. The summed E-state index contributed by atoms with van der Waals surface area (Å²) >= 11 is 0. The lowest BCUT2D eigenvalue weighted by molar-refractivity contribution is -0.159. The summed E-state index contributed by atoms with van der Waals surface area (Å²) in [5, 5.41) is 6.55. The van der Waals surface area contributed by atoms with Crippen LogP contribution in [0.4, 0.5) is 29.5 Å². The zero-order chi connectivity index (χ0) is 25.1. The van der Waals surface area contributed by atoms with Crippen molar-refractivity contribution in [3.8, 4) is 11.4 Å². The van der Waals surface area contributed by atoms with Crippen LogP contribution in [0.15, 0.2) is 53.3 Å². The maximum absolute atomic E-state index is 12.9. The van der Waals surface area contributed by atoms with E-state index in [4.69, 9.17) is 4.74 Å². The Kier molecular flexibility index (Phi) is 6.40. The molecule has 0 atom stereocenters. The number of carbonyl (C=O) groups is 1. The first kappa shape index (κ1) is 23.5. The molecule has 186 valence electrons. The first-order valence-corrected chi connectivity index (χ1v) is 11.3. The van der Waals surface area contributed by atoms with Crippen molar-refractivity contribution in [3.05, 3.63) is 60.2 Å². The van der Waals surface area contributed by atoms with E-state index in [1.807, 2.05) is 12.1 Å². The Labute approximate surface area is 203 Å². The van der Waals surface area contributed by atoms with Gasteiger partial charge < -0.3 is 14.2 Å². The molecule has 1 fully saturated rings. The van der Waals surface area contributed by atoms with Gasteiger partial charge in [0.2, 0.25) is 5.82 Å². The molecule has 5 rings (SSSR count). The fourth-order valence-electron chi connectivity index (χ4n) is 4.02. The number of amides is 1. The summed E-state index contributed by atoms with van der Waals surface area (Å²) in [5.74, 6) is -0.808. The van der Waals surface area contributed by atoms with Crippen LogP contribution >= 0.6 is 0 Å². The second kappa shape index (κ2) is 9.80. The number of hydrogen-bond acceptors (Lipinski definition) is 8. The standard InChI is InChI=1S/C24H21F3N6O3/c25-24(26,27)22-31-21(32-36-22)17-7-8-18(16-5-4-10-28-20(16)17)30-23(34)35-14-15-6-9-19(29-13-15)33-11-2-1-3-12-33/h4-10,13H,1-3,11-12,14H2,(H,30,34). The van der Waals surface area contributed by atoms with Crippen molar-refractivity contribution in [2.75, 3.05) is 23.3 Å². The fraction of sp³-hybridized carbons (Fsp3) is 0.292. The largest absolute Gasteiger partial charge is 0.471 e. The molecule has 4 aromatic rings. The Morgan fingerprint density at radius 3 is 2.64 bits per heavy atom. The topological polar surface area (TPSA) is 106 Å². The number of carbonyl (C=O) groups excluding carboxylic acids is 1. The van der Waals surface area contributed by atoms with Crippen LogP contribution in [0.2, 0.25) is 0 Å². The van der Waals surface area contributed by atoms with Crippen molar-refractivity contribution in [1.29, 1.82) is 0 Å². The van der Waals surface area contributed by atoms with E-state index < -0.39 is 18.2 Å². The third kappa shape index (κ3) is 5.07. The molecule has 0 saturated carbocycles. The molecule has 9 nitrogen and oxygen atoms in total. The smallest absolute Gasteiger partial charge is 0.444 e. The van der Waals surface area contributed by atoms with Gasteiger partial charge in [-0.05, 0) is 49.6 Å². The Bertz CT molecular complexity index is 1370. The molecule has 0 aliphatic carbocycles. The maximum atomic E-state index is 12.9. The predicted molar refractivity (Wildman–Crippen MR) is 124 cm³/mol. The molecule has 0 bridgehead atoms. The van der Waals surface area contributed by atoms with Crippen molar-refractivity contribution in [2.45, 2.75) is 32.0 Å². The Hall–Kier alpha value is -4.22. The number of aromatic nitrogens is 4. The monoisotopic (exact) mass is 498 g/mol. The summed E-state index contributed by atoms with van der Waals surface area (Å²) in [5.41, 5.74) is 1.63.